The van der Waals surface area contributed by atoms with Gasteiger partial charge in [-0.2, -0.15) is 0 Å². The van der Waals surface area contributed by atoms with Crippen molar-refractivity contribution in [2.75, 3.05) is 26.4 Å². The molecule has 0 amide bonds. The van der Waals surface area contributed by atoms with E-state index in [4.69, 9.17) is 20.4 Å². The van der Waals surface area contributed by atoms with Crippen molar-refractivity contribution in [3.05, 3.63) is 0 Å². The highest BCUT2D eigenvalue weighted by Crippen LogP contribution is 2.18. The summed E-state index contributed by atoms with van der Waals surface area (Å²) in [4.78, 5) is 0. The molecule has 76 valence electrons. The van der Waals surface area contributed by atoms with Crippen LogP contribution in [0, 0.1) is 5.41 Å². The van der Waals surface area contributed by atoms with E-state index in [1.165, 1.54) is 0 Å². The Hall–Kier alpha value is -0.160. The third-order valence-electron chi connectivity index (χ3n) is 1.76. The lowest BCUT2D eigenvalue weighted by Crippen LogP contribution is -2.32. The molecule has 0 aromatic heterocycles. The van der Waals surface area contributed by atoms with Gasteiger partial charge in [-0.15, -0.1) is 0 Å². The summed E-state index contributed by atoms with van der Waals surface area (Å²) < 4.78 is 0. The maximum Gasteiger partial charge on any atom is 0.0531 e. The molecular formula is C8H20O4. The van der Waals surface area contributed by atoms with Crippen molar-refractivity contribution in [2.24, 2.45) is 5.41 Å². The maximum atomic E-state index is 8.66. The van der Waals surface area contributed by atoms with Crippen LogP contribution in [0.3, 0.4) is 0 Å². The summed E-state index contributed by atoms with van der Waals surface area (Å²) in [6.07, 6.45) is 0.594. The second-order valence-electron chi connectivity index (χ2n) is 2.64. The molecular weight excluding hydrogens is 160 g/mol. The predicted molar refractivity (Wildman–Crippen MR) is 46.7 cm³/mol. The summed E-state index contributed by atoms with van der Waals surface area (Å²) in [7, 11) is 0. The highest BCUT2D eigenvalue weighted by molar-refractivity contribution is 4.74. The highest BCUT2D eigenvalue weighted by Gasteiger charge is 2.24. The Labute approximate surface area is 73.5 Å². The van der Waals surface area contributed by atoms with Crippen LogP contribution in [0.2, 0.25) is 0 Å². The summed E-state index contributed by atoms with van der Waals surface area (Å²) in [6.45, 7) is 3.28. The van der Waals surface area contributed by atoms with Gasteiger partial charge in [-0.3, -0.25) is 0 Å². The first-order valence-corrected chi connectivity index (χ1v) is 4.09. The Kier molecular flexibility index (Phi) is 10.7. The number of aliphatic hydroxyl groups excluding tert-OH is 4. The van der Waals surface area contributed by atoms with E-state index in [0.717, 1.165) is 0 Å². The van der Waals surface area contributed by atoms with Gasteiger partial charge in [0.05, 0.1) is 19.8 Å². The van der Waals surface area contributed by atoms with Crippen LogP contribution in [0.25, 0.3) is 0 Å². The molecule has 0 atom stereocenters. The third-order valence-corrected chi connectivity index (χ3v) is 1.76. The van der Waals surface area contributed by atoms with E-state index in [9.17, 15) is 0 Å². The number of hydrogen-bond donors (Lipinski definition) is 4. The Morgan fingerprint density at radius 1 is 0.833 bits per heavy atom. The van der Waals surface area contributed by atoms with E-state index < -0.39 is 5.41 Å². The van der Waals surface area contributed by atoms with E-state index in [1.807, 2.05) is 6.92 Å². The molecule has 0 saturated carbocycles. The standard InChI is InChI=1S/C6H14O3.C2H6O/c1-2-6(3-7,4-8)5-9;1-2-3/h7-9H,2-5H2,1H3;3H,2H2,1H3. The van der Waals surface area contributed by atoms with Gasteiger partial charge in [0.15, 0.2) is 0 Å². The fourth-order valence-electron chi connectivity index (χ4n) is 0.485. The van der Waals surface area contributed by atoms with Crippen molar-refractivity contribution in [3.8, 4) is 0 Å². The highest BCUT2D eigenvalue weighted by atomic mass is 16.3. The minimum Gasteiger partial charge on any atom is -0.397 e. The fourth-order valence-corrected chi connectivity index (χ4v) is 0.485. The van der Waals surface area contributed by atoms with Crippen molar-refractivity contribution in [3.63, 3.8) is 0 Å². The van der Waals surface area contributed by atoms with Gasteiger partial charge in [-0.1, -0.05) is 6.92 Å². The van der Waals surface area contributed by atoms with Crippen molar-refractivity contribution in [1.29, 1.82) is 0 Å². The van der Waals surface area contributed by atoms with Crippen LogP contribution in [0.15, 0.2) is 0 Å². The molecule has 12 heavy (non-hydrogen) atoms. The van der Waals surface area contributed by atoms with E-state index in [0.29, 0.717) is 6.42 Å². The van der Waals surface area contributed by atoms with Crippen LogP contribution in [-0.2, 0) is 0 Å². The maximum absolute atomic E-state index is 8.66. The lowest BCUT2D eigenvalue weighted by molar-refractivity contribution is 0.00304. The second kappa shape index (κ2) is 8.93. The van der Waals surface area contributed by atoms with Gasteiger partial charge < -0.3 is 20.4 Å². The summed E-state index contributed by atoms with van der Waals surface area (Å²) in [5, 5.41) is 33.5. The van der Waals surface area contributed by atoms with Crippen LogP contribution in [0.1, 0.15) is 20.3 Å². The average Bonchev–Trinajstić information content (AvgIpc) is 2.11. The lowest BCUT2D eigenvalue weighted by atomic mass is 9.88. The zero-order valence-corrected chi connectivity index (χ0v) is 7.82. The smallest absolute Gasteiger partial charge is 0.0531 e. The van der Waals surface area contributed by atoms with Gasteiger partial charge in [0.1, 0.15) is 0 Å². The van der Waals surface area contributed by atoms with E-state index in [2.05, 4.69) is 0 Å². The molecule has 0 aromatic rings. The lowest BCUT2D eigenvalue weighted by Gasteiger charge is -2.24. The van der Waals surface area contributed by atoms with E-state index in [-0.39, 0.29) is 26.4 Å². The first-order valence-electron chi connectivity index (χ1n) is 4.09. The van der Waals surface area contributed by atoms with Crippen LogP contribution in [0.4, 0.5) is 0 Å². The monoisotopic (exact) mass is 180 g/mol. The first-order chi connectivity index (χ1) is 5.66. The molecule has 0 aromatic carbocycles. The molecule has 4 nitrogen and oxygen atoms in total. The molecule has 0 fully saturated rings. The largest absolute Gasteiger partial charge is 0.397 e. The summed E-state index contributed by atoms with van der Waals surface area (Å²) in [5.41, 5.74) is -0.667. The second-order valence-corrected chi connectivity index (χ2v) is 2.64. The molecule has 0 aliphatic carbocycles. The SMILES string of the molecule is CCC(CO)(CO)CO.CCO. The van der Waals surface area contributed by atoms with Gasteiger partial charge in [-0.25, -0.2) is 0 Å². The van der Waals surface area contributed by atoms with Gasteiger partial charge >= 0.3 is 0 Å². The summed E-state index contributed by atoms with van der Waals surface area (Å²) in [6, 6.07) is 0. The molecule has 0 heterocycles. The molecule has 0 unspecified atom stereocenters. The molecule has 0 aliphatic heterocycles. The molecule has 0 aliphatic rings. The van der Waals surface area contributed by atoms with Crippen molar-refractivity contribution in [1.82, 2.24) is 0 Å². The van der Waals surface area contributed by atoms with Gasteiger partial charge in [0, 0.05) is 12.0 Å². The number of rotatable bonds is 4. The van der Waals surface area contributed by atoms with Crippen LogP contribution >= 0.6 is 0 Å². The Morgan fingerprint density at radius 3 is 1.08 bits per heavy atom. The molecule has 0 saturated heterocycles. The van der Waals surface area contributed by atoms with E-state index in [1.54, 1.807) is 6.92 Å². The molecule has 0 bridgehead atoms. The molecule has 4 N–H and O–H groups in total. The van der Waals surface area contributed by atoms with Crippen molar-refractivity contribution >= 4 is 0 Å². The average molecular weight is 180 g/mol. The zero-order valence-electron chi connectivity index (χ0n) is 7.82. The van der Waals surface area contributed by atoms with Gasteiger partial charge in [0.25, 0.3) is 0 Å². The van der Waals surface area contributed by atoms with Crippen molar-refractivity contribution in [2.45, 2.75) is 20.3 Å². The van der Waals surface area contributed by atoms with Gasteiger partial charge in [-0.05, 0) is 13.3 Å². The molecule has 0 rings (SSSR count). The Balaban J connectivity index is 0. The van der Waals surface area contributed by atoms with E-state index >= 15 is 0 Å². The van der Waals surface area contributed by atoms with Crippen molar-refractivity contribution < 1.29 is 20.4 Å². The Bertz CT molecular complexity index is 63.6. The molecule has 4 heteroatoms. The fraction of sp³-hybridized carbons (Fsp3) is 1.00. The van der Waals surface area contributed by atoms with Gasteiger partial charge in [0.2, 0.25) is 0 Å². The number of hydrogen-bond acceptors (Lipinski definition) is 4. The van der Waals surface area contributed by atoms with Crippen LogP contribution in [-0.4, -0.2) is 46.9 Å². The molecule has 0 radical (unpaired) electrons. The predicted octanol–water partition coefficient (Wildman–Crippen LogP) is -0.642. The minimum atomic E-state index is -0.667. The topological polar surface area (TPSA) is 80.9 Å². The van der Waals surface area contributed by atoms with Crippen LogP contribution in [0.5, 0.6) is 0 Å². The zero-order chi connectivity index (χ0) is 10.0. The number of aliphatic hydroxyl groups is 4. The summed E-state index contributed by atoms with van der Waals surface area (Å²) >= 11 is 0. The summed E-state index contributed by atoms with van der Waals surface area (Å²) in [5.74, 6) is 0. The third kappa shape index (κ3) is 5.49. The minimum absolute atomic E-state index is 0.156. The molecule has 0 spiro atoms. The Morgan fingerprint density at radius 2 is 1.08 bits per heavy atom. The normalized spacial score (nSPS) is 10.5. The quantitative estimate of drug-likeness (QED) is 0.464. The van der Waals surface area contributed by atoms with Crippen LogP contribution < -0.4 is 0 Å². The first kappa shape index (κ1) is 14.4.